The summed E-state index contributed by atoms with van der Waals surface area (Å²) in [6, 6.07) is 5.17. The van der Waals surface area contributed by atoms with Gasteiger partial charge >= 0.3 is 0 Å². The fourth-order valence-electron chi connectivity index (χ4n) is 3.56. The van der Waals surface area contributed by atoms with E-state index < -0.39 is 10.0 Å². The molecule has 0 spiro atoms. The van der Waals surface area contributed by atoms with Crippen LogP contribution < -0.4 is 5.56 Å². The second-order valence-electron chi connectivity index (χ2n) is 7.17. The van der Waals surface area contributed by atoms with Crippen LogP contribution in [0.5, 0.6) is 0 Å². The van der Waals surface area contributed by atoms with Crippen LogP contribution in [0.25, 0.3) is 11.3 Å². The van der Waals surface area contributed by atoms with Gasteiger partial charge in [0.2, 0.25) is 5.16 Å². The van der Waals surface area contributed by atoms with Crippen LogP contribution in [0, 0.1) is 5.92 Å². The average molecular weight is 414 g/mol. The minimum atomic E-state index is -3.59. The highest BCUT2D eigenvalue weighted by Crippen LogP contribution is 2.24. The standard InChI is InChI=1S/C19H22N6O3S/c1-23-10-7-21-19(23)29(27,28)25-8-4-15(5-9-25)13-24-14-22-17(11-18(24)26)16-3-2-6-20-12-16/h2-3,6-7,10-12,14-15H,4-5,8-9,13H2,1H3. The van der Waals surface area contributed by atoms with E-state index in [-0.39, 0.29) is 16.6 Å². The largest absolute Gasteiger partial charge is 0.324 e. The summed E-state index contributed by atoms with van der Waals surface area (Å²) in [5.74, 6) is 0.214. The highest BCUT2D eigenvalue weighted by atomic mass is 32.2. The lowest BCUT2D eigenvalue weighted by Crippen LogP contribution is -2.40. The number of hydrogen-bond donors (Lipinski definition) is 0. The number of sulfonamides is 1. The normalized spacial score (nSPS) is 16.2. The molecule has 0 amide bonds. The number of rotatable bonds is 5. The molecule has 4 rings (SSSR count). The van der Waals surface area contributed by atoms with Gasteiger partial charge in [-0.2, -0.15) is 4.31 Å². The Morgan fingerprint density at radius 2 is 1.97 bits per heavy atom. The van der Waals surface area contributed by atoms with Crippen molar-refractivity contribution in [1.29, 1.82) is 0 Å². The topological polar surface area (TPSA) is 103 Å². The average Bonchev–Trinajstić information content (AvgIpc) is 3.17. The van der Waals surface area contributed by atoms with Crippen LogP contribution in [0.1, 0.15) is 12.8 Å². The van der Waals surface area contributed by atoms with E-state index >= 15 is 0 Å². The van der Waals surface area contributed by atoms with Crippen LogP contribution in [0.4, 0.5) is 0 Å². The van der Waals surface area contributed by atoms with E-state index in [1.807, 2.05) is 6.07 Å². The third-order valence-corrected chi connectivity index (χ3v) is 7.11. The smallest absolute Gasteiger partial charge is 0.276 e. The Kier molecular flexibility index (Phi) is 5.29. The predicted octanol–water partition coefficient (Wildman–Crippen LogP) is 1.14. The highest BCUT2D eigenvalue weighted by Gasteiger charge is 2.32. The van der Waals surface area contributed by atoms with Gasteiger partial charge < -0.3 is 4.57 Å². The fourth-order valence-corrected chi connectivity index (χ4v) is 5.10. The molecule has 3 aromatic rings. The van der Waals surface area contributed by atoms with E-state index in [2.05, 4.69) is 15.0 Å². The molecule has 0 saturated carbocycles. The molecule has 0 bridgehead atoms. The molecular weight excluding hydrogens is 392 g/mol. The van der Waals surface area contributed by atoms with Crippen molar-refractivity contribution in [3.63, 3.8) is 0 Å². The van der Waals surface area contributed by atoms with Gasteiger partial charge in [-0.15, -0.1) is 0 Å². The van der Waals surface area contributed by atoms with Gasteiger partial charge in [0.1, 0.15) is 0 Å². The zero-order valence-corrected chi connectivity index (χ0v) is 16.9. The van der Waals surface area contributed by atoms with E-state index in [4.69, 9.17) is 0 Å². The molecule has 29 heavy (non-hydrogen) atoms. The van der Waals surface area contributed by atoms with E-state index in [9.17, 15) is 13.2 Å². The Hall–Kier alpha value is -2.85. The lowest BCUT2D eigenvalue weighted by Gasteiger charge is -2.31. The quantitative estimate of drug-likeness (QED) is 0.620. The second kappa shape index (κ2) is 7.88. The molecule has 4 heterocycles. The monoisotopic (exact) mass is 414 g/mol. The summed E-state index contributed by atoms with van der Waals surface area (Å²) in [4.78, 5) is 24.9. The van der Waals surface area contributed by atoms with Gasteiger partial charge in [0, 0.05) is 63.1 Å². The molecule has 0 aromatic carbocycles. The van der Waals surface area contributed by atoms with Crippen LogP contribution in [0.2, 0.25) is 0 Å². The lowest BCUT2D eigenvalue weighted by atomic mass is 9.98. The van der Waals surface area contributed by atoms with E-state index in [1.54, 1.807) is 42.6 Å². The molecule has 0 unspecified atom stereocenters. The molecule has 3 aromatic heterocycles. The SMILES string of the molecule is Cn1ccnc1S(=O)(=O)N1CCC(Cn2cnc(-c3cccnc3)cc2=O)CC1. The summed E-state index contributed by atoms with van der Waals surface area (Å²) in [5.41, 5.74) is 1.27. The van der Waals surface area contributed by atoms with Gasteiger partial charge in [-0.05, 0) is 30.9 Å². The number of pyridine rings is 1. The Balaban J connectivity index is 1.41. The van der Waals surface area contributed by atoms with Gasteiger partial charge in [-0.1, -0.05) is 0 Å². The first kappa shape index (κ1) is 19.5. The van der Waals surface area contributed by atoms with Crippen LogP contribution in [0.15, 0.2) is 59.3 Å². The van der Waals surface area contributed by atoms with E-state index in [0.29, 0.717) is 38.2 Å². The number of imidazole rings is 1. The van der Waals surface area contributed by atoms with Crippen molar-refractivity contribution in [3.8, 4) is 11.3 Å². The van der Waals surface area contributed by atoms with Crippen LogP contribution in [-0.2, 0) is 23.6 Å². The van der Waals surface area contributed by atoms with Gasteiger partial charge in [-0.25, -0.2) is 18.4 Å². The summed E-state index contributed by atoms with van der Waals surface area (Å²) in [6.45, 7) is 1.35. The van der Waals surface area contributed by atoms with Crippen LogP contribution in [-0.4, -0.2) is 49.9 Å². The first-order valence-corrected chi connectivity index (χ1v) is 10.8. The second-order valence-corrected chi connectivity index (χ2v) is 9.01. The zero-order chi connectivity index (χ0) is 20.4. The first-order chi connectivity index (χ1) is 13.9. The van der Waals surface area contributed by atoms with Crippen LogP contribution >= 0.6 is 0 Å². The Bertz CT molecular complexity index is 1150. The molecule has 0 aliphatic carbocycles. The van der Waals surface area contributed by atoms with Gasteiger partial charge in [0.15, 0.2) is 0 Å². The Morgan fingerprint density at radius 3 is 2.59 bits per heavy atom. The Morgan fingerprint density at radius 1 is 1.17 bits per heavy atom. The highest BCUT2D eigenvalue weighted by molar-refractivity contribution is 7.89. The maximum Gasteiger partial charge on any atom is 0.276 e. The van der Waals surface area contributed by atoms with Crippen molar-refractivity contribution in [3.05, 3.63) is 59.7 Å². The Labute approximate surface area is 168 Å². The van der Waals surface area contributed by atoms with Crippen molar-refractivity contribution in [2.75, 3.05) is 13.1 Å². The van der Waals surface area contributed by atoms with Gasteiger partial charge in [-0.3, -0.25) is 14.3 Å². The number of hydrogen-bond acceptors (Lipinski definition) is 6. The van der Waals surface area contributed by atoms with E-state index in [0.717, 1.165) is 5.56 Å². The van der Waals surface area contributed by atoms with Crippen molar-refractivity contribution < 1.29 is 8.42 Å². The summed E-state index contributed by atoms with van der Waals surface area (Å²) in [7, 11) is -1.92. The number of aromatic nitrogens is 5. The van der Waals surface area contributed by atoms with Crippen molar-refractivity contribution in [2.24, 2.45) is 13.0 Å². The van der Waals surface area contributed by atoms with Crippen LogP contribution in [0.3, 0.4) is 0 Å². The summed E-state index contributed by atoms with van der Waals surface area (Å²) < 4.78 is 30.0. The molecule has 1 fully saturated rings. The number of piperidine rings is 1. The molecule has 9 nitrogen and oxygen atoms in total. The molecule has 1 aliphatic rings. The third-order valence-electron chi connectivity index (χ3n) is 5.21. The molecule has 152 valence electrons. The zero-order valence-electron chi connectivity index (χ0n) is 16.0. The van der Waals surface area contributed by atoms with E-state index in [1.165, 1.54) is 21.1 Å². The molecule has 0 radical (unpaired) electrons. The third kappa shape index (κ3) is 3.99. The van der Waals surface area contributed by atoms with Crippen molar-refractivity contribution in [1.82, 2.24) is 28.4 Å². The lowest BCUT2D eigenvalue weighted by molar-refractivity contribution is 0.249. The maximum absolute atomic E-state index is 12.7. The molecule has 1 aliphatic heterocycles. The summed E-state index contributed by atoms with van der Waals surface area (Å²) in [5, 5.41) is 0.0577. The first-order valence-electron chi connectivity index (χ1n) is 9.39. The van der Waals surface area contributed by atoms with Gasteiger partial charge in [0.25, 0.3) is 15.6 Å². The molecule has 10 heteroatoms. The minimum absolute atomic E-state index is 0.0577. The maximum atomic E-state index is 12.7. The molecule has 0 N–H and O–H groups in total. The summed E-state index contributed by atoms with van der Waals surface area (Å²) in [6.07, 6.45) is 9.36. The fraction of sp³-hybridized carbons (Fsp3) is 0.368. The number of nitrogens with zero attached hydrogens (tertiary/aromatic N) is 6. The molecule has 0 atom stereocenters. The van der Waals surface area contributed by atoms with Crippen molar-refractivity contribution >= 4 is 10.0 Å². The minimum Gasteiger partial charge on any atom is -0.324 e. The molecule has 1 saturated heterocycles. The number of aryl methyl sites for hydroxylation is 1. The van der Waals surface area contributed by atoms with Crippen molar-refractivity contribution in [2.45, 2.75) is 24.5 Å². The van der Waals surface area contributed by atoms with Gasteiger partial charge in [0.05, 0.1) is 12.0 Å². The summed E-state index contributed by atoms with van der Waals surface area (Å²) >= 11 is 0. The molecular formula is C19H22N6O3S. The predicted molar refractivity (Wildman–Crippen MR) is 106 cm³/mol.